The van der Waals surface area contributed by atoms with Gasteiger partial charge in [0.05, 0.1) is 6.04 Å². The van der Waals surface area contributed by atoms with Crippen LogP contribution in [0.15, 0.2) is 0 Å². The molecule has 4 heteroatoms. The molecule has 3 nitrogen and oxygen atoms in total. The summed E-state index contributed by atoms with van der Waals surface area (Å²) in [6, 6.07) is -0.488. The molecule has 0 unspecified atom stereocenters. The number of amides is 1. The lowest BCUT2D eigenvalue weighted by atomic mass is 9.73. The summed E-state index contributed by atoms with van der Waals surface area (Å²) in [4.78, 5) is 11.8. The zero-order valence-electron chi connectivity index (χ0n) is 11.2. The van der Waals surface area contributed by atoms with Crippen molar-refractivity contribution in [3.63, 3.8) is 0 Å². The SMILES string of the molecule is CC(C)C1CCC(C)(NC(=O)[C@@H](N)CS)CC1. The van der Waals surface area contributed by atoms with Crippen molar-refractivity contribution in [3.8, 4) is 0 Å². The van der Waals surface area contributed by atoms with Crippen LogP contribution in [0, 0.1) is 11.8 Å². The van der Waals surface area contributed by atoms with Gasteiger partial charge in [0.25, 0.3) is 0 Å². The first-order valence-electron chi connectivity index (χ1n) is 6.56. The molecule has 0 bridgehead atoms. The van der Waals surface area contributed by atoms with E-state index in [1.807, 2.05) is 0 Å². The van der Waals surface area contributed by atoms with Crippen molar-refractivity contribution >= 4 is 18.5 Å². The Labute approximate surface area is 110 Å². The highest BCUT2D eigenvalue weighted by molar-refractivity contribution is 7.80. The molecule has 1 rings (SSSR count). The molecule has 0 aliphatic heterocycles. The molecule has 1 amide bonds. The number of nitrogens with two attached hydrogens (primary N) is 1. The summed E-state index contributed by atoms with van der Waals surface area (Å²) in [7, 11) is 0. The van der Waals surface area contributed by atoms with E-state index < -0.39 is 6.04 Å². The van der Waals surface area contributed by atoms with Gasteiger partial charge in [0.1, 0.15) is 0 Å². The molecule has 0 saturated heterocycles. The highest BCUT2D eigenvalue weighted by atomic mass is 32.1. The van der Waals surface area contributed by atoms with Crippen molar-refractivity contribution in [2.75, 3.05) is 5.75 Å². The maximum absolute atomic E-state index is 11.8. The third-order valence-electron chi connectivity index (χ3n) is 4.04. The minimum atomic E-state index is -0.488. The second kappa shape index (κ2) is 6.10. The predicted molar refractivity (Wildman–Crippen MR) is 75.2 cm³/mol. The fourth-order valence-electron chi connectivity index (χ4n) is 2.54. The number of carbonyl (C=O) groups excluding carboxylic acids is 1. The van der Waals surface area contributed by atoms with Crippen molar-refractivity contribution in [1.29, 1.82) is 0 Å². The monoisotopic (exact) mass is 258 g/mol. The van der Waals surface area contributed by atoms with Gasteiger partial charge < -0.3 is 11.1 Å². The highest BCUT2D eigenvalue weighted by Crippen LogP contribution is 2.35. The Hall–Kier alpha value is -0.220. The van der Waals surface area contributed by atoms with Gasteiger partial charge in [-0.3, -0.25) is 4.79 Å². The fraction of sp³-hybridized carbons (Fsp3) is 0.923. The number of carbonyl (C=O) groups is 1. The Morgan fingerprint density at radius 1 is 1.47 bits per heavy atom. The summed E-state index contributed by atoms with van der Waals surface area (Å²) in [6.07, 6.45) is 4.51. The van der Waals surface area contributed by atoms with E-state index in [2.05, 4.69) is 38.7 Å². The Bertz CT molecular complexity index is 260. The molecule has 17 heavy (non-hydrogen) atoms. The lowest BCUT2D eigenvalue weighted by molar-refractivity contribution is -0.124. The summed E-state index contributed by atoms with van der Waals surface area (Å²) < 4.78 is 0. The molecule has 0 radical (unpaired) electrons. The van der Waals surface area contributed by atoms with Crippen molar-refractivity contribution in [2.24, 2.45) is 17.6 Å². The van der Waals surface area contributed by atoms with Crippen molar-refractivity contribution < 1.29 is 4.79 Å². The minimum absolute atomic E-state index is 0.0644. The van der Waals surface area contributed by atoms with Crippen LogP contribution in [0.4, 0.5) is 0 Å². The van der Waals surface area contributed by atoms with Crippen LogP contribution in [0.25, 0.3) is 0 Å². The average Bonchev–Trinajstić information content (AvgIpc) is 2.27. The normalized spacial score (nSPS) is 31.3. The van der Waals surface area contributed by atoms with E-state index in [9.17, 15) is 4.79 Å². The Kier molecular flexibility index (Phi) is 5.32. The van der Waals surface area contributed by atoms with Crippen LogP contribution in [0.3, 0.4) is 0 Å². The molecular weight excluding hydrogens is 232 g/mol. The van der Waals surface area contributed by atoms with Crippen LogP contribution < -0.4 is 11.1 Å². The van der Waals surface area contributed by atoms with Gasteiger partial charge in [-0.25, -0.2) is 0 Å². The van der Waals surface area contributed by atoms with E-state index in [0.717, 1.165) is 24.7 Å². The molecule has 1 atom stereocenters. The number of hydrogen-bond acceptors (Lipinski definition) is 3. The van der Waals surface area contributed by atoms with Crippen LogP contribution in [-0.2, 0) is 4.79 Å². The molecule has 1 fully saturated rings. The number of nitrogens with one attached hydrogen (secondary N) is 1. The summed E-state index contributed by atoms with van der Waals surface area (Å²) >= 11 is 4.06. The lowest BCUT2D eigenvalue weighted by Crippen LogP contribution is -2.54. The van der Waals surface area contributed by atoms with Crippen LogP contribution in [0.2, 0.25) is 0 Å². The standard InChI is InChI=1S/C13H26N2OS/c1-9(2)10-4-6-13(3,7-5-10)15-12(16)11(14)8-17/h9-11,17H,4-8,14H2,1-3H3,(H,15,16)/t10?,11-,13?/m0/s1. The van der Waals surface area contributed by atoms with Crippen molar-refractivity contribution in [3.05, 3.63) is 0 Å². The molecule has 0 heterocycles. The molecule has 0 aromatic carbocycles. The molecular formula is C13H26N2OS. The molecule has 1 aliphatic carbocycles. The van der Waals surface area contributed by atoms with Gasteiger partial charge in [-0.15, -0.1) is 0 Å². The van der Waals surface area contributed by atoms with Gasteiger partial charge in [-0.05, 0) is 44.4 Å². The second-order valence-corrected chi connectivity index (χ2v) is 6.29. The molecule has 100 valence electrons. The van der Waals surface area contributed by atoms with Crippen LogP contribution in [0.1, 0.15) is 46.5 Å². The first-order valence-corrected chi connectivity index (χ1v) is 7.19. The van der Waals surface area contributed by atoms with Crippen LogP contribution in [0.5, 0.6) is 0 Å². The maximum Gasteiger partial charge on any atom is 0.238 e. The van der Waals surface area contributed by atoms with E-state index in [1.54, 1.807) is 0 Å². The van der Waals surface area contributed by atoms with E-state index >= 15 is 0 Å². The lowest BCUT2D eigenvalue weighted by Gasteiger charge is -2.39. The largest absolute Gasteiger partial charge is 0.350 e. The summed E-state index contributed by atoms with van der Waals surface area (Å²) in [5, 5.41) is 3.09. The fourth-order valence-corrected chi connectivity index (χ4v) is 2.71. The van der Waals surface area contributed by atoms with Gasteiger partial charge >= 0.3 is 0 Å². The summed E-state index contributed by atoms with van der Waals surface area (Å²) in [6.45, 7) is 6.69. The van der Waals surface area contributed by atoms with Gasteiger partial charge in [-0.2, -0.15) is 12.6 Å². The zero-order valence-corrected chi connectivity index (χ0v) is 12.1. The van der Waals surface area contributed by atoms with Gasteiger partial charge in [0.2, 0.25) is 5.91 Å². The first-order chi connectivity index (χ1) is 7.88. The maximum atomic E-state index is 11.8. The molecule has 0 spiro atoms. The number of rotatable bonds is 4. The van der Waals surface area contributed by atoms with Crippen LogP contribution in [-0.4, -0.2) is 23.2 Å². The molecule has 0 aromatic heterocycles. The number of hydrogen-bond donors (Lipinski definition) is 3. The van der Waals surface area contributed by atoms with E-state index in [1.165, 1.54) is 12.8 Å². The Balaban J connectivity index is 2.47. The Morgan fingerprint density at radius 3 is 2.41 bits per heavy atom. The van der Waals surface area contributed by atoms with E-state index in [-0.39, 0.29) is 11.4 Å². The van der Waals surface area contributed by atoms with E-state index in [4.69, 9.17) is 5.73 Å². The minimum Gasteiger partial charge on any atom is -0.350 e. The third-order valence-corrected chi connectivity index (χ3v) is 4.43. The van der Waals surface area contributed by atoms with Gasteiger partial charge in [-0.1, -0.05) is 13.8 Å². The Morgan fingerprint density at radius 2 is 2.00 bits per heavy atom. The van der Waals surface area contributed by atoms with Crippen molar-refractivity contribution in [2.45, 2.75) is 58.0 Å². The summed E-state index contributed by atoms with van der Waals surface area (Å²) in [5.74, 6) is 1.88. The number of thiol groups is 1. The molecule has 1 aliphatic rings. The molecule has 3 N–H and O–H groups in total. The zero-order chi connectivity index (χ0) is 13.1. The third kappa shape index (κ3) is 4.18. The van der Waals surface area contributed by atoms with Crippen LogP contribution >= 0.6 is 12.6 Å². The summed E-state index contributed by atoms with van der Waals surface area (Å²) in [5.41, 5.74) is 5.61. The predicted octanol–water partition coefficient (Wildman–Crippen LogP) is 1.96. The quantitative estimate of drug-likeness (QED) is 0.675. The first kappa shape index (κ1) is 14.8. The van der Waals surface area contributed by atoms with Gasteiger partial charge in [0.15, 0.2) is 0 Å². The van der Waals surface area contributed by atoms with E-state index in [0.29, 0.717) is 5.75 Å². The smallest absolute Gasteiger partial charge is 0.238 e. The second-order valence-electron chi connectivity index (χ2n) is 5.92. The van der Waals surface area contributed by atoms with Crippen molar-refractivity contribution in [1.82, 2.24) is 5.32 Å². The molecule has 0 aromatic rings. The van der Waals surface area contributed by atoms with Gasteiger partial charge in [0, 0.05) is 11.3 Å². The average molecular weight is 258 g/mol. The molecule has 1 saturated carbocycles. The highest BCUT2D eigenvalue weighted by Gasteiger charge is 2.34. The topological polar surface area (TPSA) is 55.1 Å².